The van der Waals surface area contributed by atoms with Crippen molar-refractivity contribution in [3.8, 4) is 17.6 Å². The van der Waals surface area contributed by atoms with E-state index < -0.39 is 18.0 Å². The molecule has 3 aromatic rings. The number of nitrogens with zero attached hydrogens (tertiary/aromatic N) is 6. The van der Waals surface area contributed by atoms with Crippen LogP contribution >= 0.6 is 22.9 Å². The van der Waals surface area contributed by atoms with E-state index in [4.69, 9.17) is 16.3 Å². The minimum atomic E-state index is -1.10. The second kappa shape index (κ2) is 9.41. The molecule has 0 saturated carbocycles. The Morgan fingerprint density at radius 3 is 2.85 bits per heavy atom. The SMILES string of the molecule is CO[C@H]1CN(c2nc(-c3ncnn3C)c(C(=O)O)s2)CC[C@H]1NC(=O)c1[nH]c(C)c(Cl)c1C#N. The van der Waals surface area contributed by atoms with E-state index in [1.807, 2.05) is 11.0 Å². The summed E-state index contributed by atoms with van der Waals surface area (Å²) in [5, 5.41) is 26.7. The van der Waals surface area contributed by atoms with E-state index in [0.717, 1.165) is 11.3 Å². The first kappa shape index (κ1) is 23.7. The van der Waals surface area contributed by atoms with Crippen LogP contribution in [-0.2, 0) is 11.8 Å². The first-order chi connectivity index (χ1) is 16.2. The molecule has 2 atom stereocenters. The average molecular weight is 505 g/mol. The minimum absolute atomic E-state index is 0.0681. The summed E-state index contributed by atoms with van der Waals surface area (Å²) in [5.41, 5.74) is 1.00. The number of methoxy groups -OCH3 is 1. The number of aromatic nitrogens is 5. The average Bonchev–Trinajstić information content (AvgIpc) is 3.51. The number of amides is 1. The van der Waals surface area contributed by atoms with Gasteiger partial charge in [0.15, 0.2) is 11.0 Å². The van der Waals surface area contributed by atoms with Crippen molar-refractivity contribution in [1.29, 1.82) is 5.26 Å². The molecular formula is C20H21ClN8O4S. The third-order valence-electron chi connectivity index (χ3n) is 5.63. The van der Waals surface area contributed by atoms with Gasteiger partial charge in [-0.15, -0.1) is 0 Å². The van der Waals surface area contributed by atoms with Crippen LogP contribution in [-0.4, -0.2) is 74.1 Å². The number of piperidine rings is 1. The first-order valence-electron chi connectivity index (χ1n) is 10.2. The Morgan fingerprint density at radius 1 is 1.47 bits per heavy atom. The lowest BCUT2D eigenvalue weighted by molar-refractivity contribution is 0.0540. The van der Waals surface area contributed by atoms with Gasteiger partial charge in [0, 0.05) is 32.9 Å². The summed E-state index contributed by atoms with van der Waals surface area (Å²) in [6.07, 6.45) is 1.46. The summed E-state index contributed by atoms with van der Waals surface area (Å²) in [5.74, 6) is -1.18. The van der Waals surface area contributed by atoms with Crippen molar-refractivity contribution in [2.45, 2.75) is 25.5 Å². The van der Waals surface area contributed by atoms with Gasteiger partial charge in [0.05, 0.1) is 17.2 Å². The number of H-pyrrole nitrogens is 1. The van der Waals surface area contributed by atoms with Crippen LogP contribution in [0.4, 0.5) is 5.13 Å². The van der Waals surface area contributed by atoms with E-state index in [0.29, 0.717) is 36.2 Å². The summed E-state index contributed by atoms with van der Waals surface area (Å²) < 4.78 is 7.10. The molecule has 12 nitrogen and oxygen atoms in total. The molecule has 178 valence electrons. The summed E-state index contributed by atoms with van der Waals surface area (Å²) in [6.45, 7) is 2.57. The van der Waals surface area contributed by atoms with Crippen molar-refractivity contribution in [3.63, 3.8) is 0 Å². The molecule has 0 aliphatic carbocycles. The van der Waals surface area contributed by atoms with Crippen molar-refractivity contribution < 1.29 is 19.4 Å². The van der Waals surface area contributed by atoms with Crippen molar-refractivity contribution in [1.82, 2.24) is 30.0 Å². The molecule has 4 heterocycles. The molecule has 1 aliphatic heterocycles. The van der Waals surface area contributed by atoms with Gasteiger partial charge in [-0.25, -0.2) is 19.4 Å². The third kappa shape index (κ3) is 4.23. The Bertz CT molecular complexity index is 1290. The van der Waals surface area contributed by atoms with Crippen LogP contribution in [0.1, 0.15) is 37.8 Å². The van der Waals surface area contributed by atoms with E-state index in [2.05, 4.69) is 25.4 Å². The van der Waals surface area contributed by atoms with Crippen molar-refractivity contribution in [3.05, 3.63) is 33.2 Å². The lowest BCUT2D eigenvalue weighted by Gasteiger charge is -2.37. The van der Waals surface area contributed by atoms with Crippen LogP contribution in [0.15, 0.2) is 6.33 Å². The van der Waals surface area contributed by atoms with Gasteiger partial charge in [-0.05, 0) is 13.3 Å². The van der Waals surface area contributed by atoms with Gasteiger partial charge in [-0.2, -0.15) is 10.4 Å². The van der Waals surface area contributed by atoms with Gasteiger partial charge >= 0.3 is 5.97 Å². The standard InChI is InChI=1S/C20H21ClN8O4S/c1-9-13(21)10(6-22)14(25-9)18(30)26-11-4-5-29(7-12(11)33-3)20-27-15(16(34-20)19(31)32)17-23-8-24-28(17)2/h8,11-12,25H,4-5,7H2,1-3H3,(H,26,30)(H,31,32)/t11-,12+/m1/s1. The van der Waals surface area contributed by atoms with Gasteiger partial charge in [0.1, 0.15) is 34.2 Å². The van der Waals surface area contributed by atoms with Crippen LogP contribution in [0, 0.1) is 18.3 Å². The Morgan fingerprint density at radius 2 is 2.24 bits per heavy atom. The van der Waals surface area contributed by atoms with E-state index in [9.17, 15) is 20.0 Å². The van der Waals surface area contributed by atoms with Crippen molar-refractivity contribution in [2.75, 3.05) is 25.1 Å². The Hall–Kier alpha value is -3.47. The molecule has 0 radical (unpaired) electrons. The number of carboxylic acid groups (broad SMARTS) is 1. The van der Waals surface area contributed by atoms with E-state index >= 15 is 0 Å². The fourth-order valence-corrected chi connectivity index (χ4v) is 4.98. The van der Waals surface area contributed by atoms with Gasteiger partial charge in [0.2, 0.25) is 0 Å². The molecule has 0 spiro atoms. The van der Waals surface area contributed by atoms with Gasteiger partial charge in [0.25, 0.3) is 5.91 Å². The Balaban J connectivity index is 1.53. The van der Waals surface area contributed by atoms with Crippen LogP contribution < -0.4 is 10.2 Å². The van der Waals surface area contributed by atoms with Gasteiger partial charge < -0.3 is 25.0 Å². The molecule has 1 fully saturated rings. The number of halogens is 1. The number of carbonyl (C=O) groups excluding carboxylic acids is 1. The minimum Gasteiger partial charge on any atom is -0.477 e. The van der Waals surface area contributed by atoms with E-state index in [-0.39, 0.29) is 32.9 Å². The fourth-order valence-electron chi connectivity index (χ4n) is 3.86. The highest BCUT2D eigenvalue weighted by Crippen LogP contribution is 2.34. The number of aromatic amines is 1. The normalized spacial score (nSPS) is 18.0. The second-order valence-electron chi connectivity index (χ2n) is 7.70. The maximum absolute atomic E-state index is 12.8. The zero-order valence-electron chi connectivity index (χ0n) is 18.5. The monoisotopic (exact) mass is 504 g/mol. The number of rotatable bonds is 6. The number of ether oxygens (including phenoxy) is 1. The Kier molecular flexibility index (Phi) is 6.56. The highest BCUT2D eigenvalue weighted by atomic mass is 35.5. The summed E-state index contributed by atoms with van der Waals surface area (Å²) in [4.78, 5) is 38.2. The number of nitriles is 1. The lowest BCUT2D eigenvalue weighted by Crippen LogP contribution is -2.55. The van der Waals surface area contributed by atoms with Gasteiger partial charge in [-0.1, -0.05) is 22.9 Å². The number of anilines is 1. The Labute approximate surface area is 203 Å². The fraction of sp³-hybridized carbons (Fsp3) is 0.400. The van der Waals surface area contributed by atoms with E-state index in [1.165, 1.54) is 11.0 Å². The molecule has 0 unspecified atom stereocenters. The zero-order chi connectivity index (χ0) is 24.6. The van der Waals surface area contributed by atoms with Crippen LogP contribution in [0.5, 0.6) is 0 Å². The summed E-state index contributed by atoms with van der Waals surface area (Å²) in [7, 11) is 3.21. The number of carboxylic acids is 1. The molecule has 34 heavy (non-hydrogen) atoms. The molecule has 1 amide bonds. The number of aryl methyl sites for hydroxylation is 2. The maximum atomic E-state index is 12.8. The number of carbonyl (C=O) groups is 2. The predicted molar refractivity (Wildman–Crippen MR) is 123 cm³/mol. The summed E-state index contributed by atoms with van der Waals surface area (Å²) in [6, 6.07) is 1.63. The smallest absolute Gasteiger partial charge is 0.348 e. The highest BCUT2D eigenvalue weighted by Gasteiger charge is 2.34. The largest absolute Gasteiger partial charge is 0.477 e. The number of thiazole rings is 1. The molecule has 4 rings (SSSR count). The van der Waals surface area contributed by atoms with Crippen LogP contribution in [0.2, 0.25) is 5.02 Å². The second-order valence-corrected chi connectivity index (χ2v) is 9.06. The molecule has 1 saturated heterocycles. The van der Waals surface area contributed by atoms with Crippen molar-refractivity contribution in [2.24, 2.45) is 7.05 Å². The zero-order valence-corrected chi connectivity index (χ0v) is 20.1. The molecule has 0 bridgehead atoms. The quantitative estimate of drug-likeness (QED) is 0.454. The molecule has 3 aromatic heterocycles. The van der Waals surface area contributed by atoms with Crippen LogP contribution in [0.25, 0.3) is 11.5 Å². The van der Waals surface area contributed by atoms with E-state index in [1.54, 1.807) is 21.1 Å². The molecule has 14 heteroatoms. The number of nitrogens with one attached hydrogen (secondary N) is 2. The first-order valence-corrected chi connectivity index (χ1v) is 11.4. The molecular weight excluding hydrogens is 484 g/mol. The predicted octanol–water partition coefficient (Wildman–Crippen LogP) is 1.82. The van der Waals surface area contributed by atoms with Crippen LogP contribution in [0.3, 0.4) is 0 Å². The number of hydrogen-bond donors (Lipinski definition) is 3. The topological polar surface area (TPSA) is 162 Å². The summed E-state index contributed by atoms with van der Waals surface area (Å²) >= 11 is 7.16. The molecule has 1 aliphatic rings. The lowest BCUT2D eigenvalue weighted by atomic mass is 10.0. The molecule has 3 N–H and O–H groups in total. The van der Waals surface area contributed by atoms with Crippen molar-refractivity contribution >= 4 is 39.9 Å². The molecule has 0 aromatic carbocycles. The maximum Gasteiger partial charge on any atom is 0.348 e. The highest BCUT2D eigenvalue weighted by molar-refractivity contribution is 7.17. The van der Waals surface area contributed by atoms with Gasteiger partial charge in [-0.3, -0.25) is 4.79 Å². The number of aromatic carboxylic acids is 1. The number of hydrogen-bond acceptors (Lipinski definition) is 9. The third-order valence-corrected chi connectivity index (χ3v) is 7.21.